The van der Waals surface area contributed by atoms with Crippen molar-refractivity contribution in [2.75, 3.05) is 44.7 Å². The number of carbonyl (C=O) groups is 1. The number of alkyl halides is 3. The van der Waals surface area contributed by atoms with Crippen LogP contribution in [0.2, 0.25) is 0 Å². The molecule has 0 unspecified atom stereocenters. The first-order chi connectivity index (χ1) is 16.9. The highest BCUT2D eigenvalue weighted by molar-refractivity contribution is 7.89. The van der Waals surface area contributed by atoms with Gasteiger partial charge < -0.3 is 10.1 Å². The normalized spacial score (nSPS) is 15.6. The van der Waals surface area contributed by atoms with Crippen LogP contribution in [0.15, 0.2) is 71.0 Å². The van der Waals surface area contributed by atoms with E-state index in [2.05, 4.69) is 11.9 Å². The fourth-order valence-corrected chi connectivity index (χ4v) is 6.45. The van der Waals surface area contributed by atoms with Crippen molar-refractivity contribution in [3.8, 4) is 0 Å². The van der Waals surface area contributed by atoms with E-state index in [9.17, 15) is 34.8 Å². The quantitative estimate of drug-likeness (QED) is 0.483. The summed E-state index contributed by atoms with van der Waals surface area (Å²) in [5.41, 5.74) is -1.18. The molecule has 0 radical (unpaired) electrons. The fraction of sp³-hybridized carbons (Fsp3) is 0.318. The molecule has 9 nitrogen and oxygen atoms in total. The molecule has 0 spiro atoms. The maximum atomic E-state index is 13.4. The lowest BCUT2D eigenvalue weighted by Crippen LogP contribution is -2.40. The second-order valence-corrected chi connectivity index (χ2v) is 11.5. The van der Waals surface area contributed by atoms with Gasteiger partial charge in [0.15, 0.2) is 0 Å². The average Bonchev–Trinajstić information content (AvgIpc) is 2.84. The number of carbonyl (C=O) groups excluding carboxylic acids is 1. The van der Waals surface area contributed by atoms with E-state index in [0.29, 0.717) is 10.4 Å². The van der Waals surface area contributed by atoms with Gasteiger partial charge >= 0.3 is 6.18 Å². The summed E-state index contributed by atoms with van der Waals surface area (Å²) in [5, 5.41) is 2.43. The Morgan fingerprint density at radius 2 is 1.67 bits per heavy atom. The first-order valence-electron chi connectivity index (χ1n) is 10.6. The van der Waals surface area contributed by atoms with Crippen LogP contribution in [0, 0.1) is 0 Å². The van der Waals surface area contributed by atoms with Gasteiger partial charge in [0.25, 0.3) is 0 Å². The number of ether oxygens (including phenoxy) is 1. The summed E-state index contributed by atoms with van der Waals surface area (Å²) in [6.07, 6.45) is -3.78. The third-order valence-corrected chi connectivity index (χ3v) is 8.99. The highest BCUT2D eigenvalue weighted by Crippen LogP contribution is 2.35. The Hall–Kier alpha value is -2.78. The summed E-state index contributed by atoms with van der Waals surface area (Å²) < 4.78 is 98.5. The Balaban J connectivity index is 1.76. The van der Waals surface area contributed by atoms with Crippen LogP contribution in [0.5, 0.6) is 0 Å². The third-order valence-electron chi connectivity index (χ3n) is 5.21. The zero-order valence-electron chi connectivity index (χ0n) is 18.9. The molecule has 0 atom stereocenters. The molecule has 3 rings (SSSR count). The molecule has 1 heterocycles. The number of hydrogen-bond donors (Lipinski definition) is 1. The Labute approximate surface area is 207 Å². The smallest absolute Gasteiger partial charge is 0.379 e. The summed E-state index contributed by atoms with van der Waals surface area (Å²) in [6.45, 7) is 3.19. The molecule has 1 fully saturated rings. The molecule has 2 aromatic rings. The van der Waals surface area contributed by atoms with Gasteiger partial charge in [-0.2, -0.15) is 21.8 Å². The van der Waals surface area contributed by atoms with E-state index in [1.807, 2.05) is 0 Å². The standard InChI is InChI=1S/C22H24F3N3O6S2/c1-2-11-28(36(32,33)20-6-4-3-5-19(20)22(23,24)25)16-21(29)26-17-7-9-18(10-8-17)35(30,31)27-12-14-34-15-13-27/h2-10H,1,11-16H2,(H,26,29). The van der Waals surface area contributed by atoms with Crippen molar-refractivity contribution in [3.63, 3.8) is 0 Å². The maximum Gasteiger partial charge on any atom is 0.417 e. The van der Waals surface area contributed by atoms with Gasteiger partial charge in [-0.15, -0.1) is 6.58 Å². The minimum Gasteiger partial charge on any atom is -0.379 e. The number of nitrogens with zero attached hydrogens (tertiary/aromatic N) is 2. The highest BCUT2D eigenvalue weighted by Gasteiger charge is 2.39. The van der Waals surface area contributed by atoms with Crippen molar-refractivity contribution in [3.05, 3.63) is 66.7 Å². The predicted octanol–water partition coefficient (Wildman–Crippen LogP) is 2.54. The van der Waals surface area contributed by atoms with E-state index < -0.39 is 55.7 Å². The molecular formula is C22H24F3N3O6S2. The van der Waals surface area contributed by atoms with Crippen LogP contribution in [-0.2, 0) is 35.8 Å². The van der Waals surface area contributed by atoms with Crippen molar-refractivity contribution < 1.29 is 39.5 Å². The van der Waals surface area contributed by atoms with E-state index in [0.717, 1.165) is 24.3 Å². The van der Waals surface area contributed by atoms with E-state index in [1.54, 1.807) is 0 Å². The molecule has 14 heteroatoms. The minimum atomic E-state index is -4.92. The Kier molecular flexibility index (Phi) is 8.56. The molecule has 1 saturated heterocycles. The van der Waals surface area contributed by atoms with E-state index in [4.69, 9.17) is 4.74 Å². The van der Waals surface area contributed by atoms with Gasteiger partial charge in [0, 0.05) is 25.3 Å². The van der Waals surface area contributed by atoms with Gasteiger partial charge in [-0.1, -0.05) is 18.2 Å². The Morgan fingerprint density at radius 3 is 2.25 bits per heavy atom. The van der Waals surface area contributed by atoms with E-state index >= 15 is 0 Å². The first kappa shape index (κ1) is 27.8. The van der Waals surface area contributed by atoms with Crippen LogP contribution in [-0.4, -0.2) is 70.7 Å². The number of anilines is 1. The summed E-state index contributed by atoms with van der Waals surface area (Å²) in [5.74, 6) is -0.839. The lowest BCUT2D eigenvalue weighted by molar-refractivity contribution is -0.139. The minimum absolute atomic E-state index is 0.00187. The second-order valence-electron chi connectivity index (χ2n) is 7.67. The Morgan fingerprint density at radius 1 is 1.06 bits per heavy atom. The molecular weight excluding hydrogens is 523 g/mol. The topological polar surface area (TPSA) is 113 Å². The Bertz CT molecular complexity index is 1310. The number of benzene rings is 2. The van der Waals surface area contributed by atoms with Gasteiger partial charge in [-0.25, -0.2) is 16.8 Å². The zero-order valence-corrected chi connectivity index (χ0v) is 20.6. The van der Waals surface area contributed by atoms with Gasteiger partial charge in [0.05, 0.1) is 35.1 Å². The summed E-state index contributed by atoms with van der Waals surface area (Å²) >= 11 is 0. The van der Waals surface area contributed by atoms with E-state index in [-0.39, 0.29) is 36.9 Å². The molecule has 0 aliphatic carbocycles. The van der Waals surface area contributed by atoms with Gasteiger partial charge in [0.1, 0.15) is 0 Å². The second kappa shape index (κ2) is 11.1. The summed E-state index contributed by atoms with van der Waals surface area (Å²) in [7, 11) is -8.47. The number of sulfonamides is 2. The van der Waals surface area contributed by atoms with Crippen LogP contribution in [0.4, 0.5) is 18.9 Å². The number of halogens is 3. The lowest BCUT2D eigenvalue weighted by atomic mass is 10.2. The van der Waals surface area contributed by atoms with Crippen molar-refractivity contribution in [1.82, 2.24) is 8.61 Å². The molecule has 0 bridgehead atoms. The SMILES string of the molecule is C=CCN(CC(=O)Nc1ccc(S(=O)(=O)N2CCOCC2)cc1)S(=O)(=O)c1ccccc1C(F)(F)F. The molecule has 1 N–H and O–H groups in total. The fourth-order valence-electron chi connectivity index (χ4n) is 3.46. The van der Waals surface area contributed by atoms with Crippen molar-refractivity contribution in [2.45, 2.75) is 16.0 Å². The molecule has 36 heavy (non-hydrogen) atoms. The van der Waals surface area contributed by atoms with Gasteiger partial charge in [-0.3, -0.25) is 4.79 Å². The van der Waals surface area contributed by atoms with Crippen molar-refractivity contribution in [2.24, 2.45) is 0 Å². The highest BCUT2D eigenvalue weighted by atomic mass is 32.2. The molecule has 1 aliphatic rings. The number of nitrogens with one attached hydrogen (secondary N) is 1. The van der Waals surface area contributed by atoms with Crippen LogP contribution in [0.1, 0.15) is 5.56 Å². The largest absolute Gasteiger partial charge is 0.417 e. The van der Waals surface area contributed by atoms with Crippen molar-refractivity contribution >= 4 is 31.6 Å². The predicted molar refractivity (Wildman–Crippen MR) is 125 cm³/mol. The van der Waals surface area contributed by atoms with Crippen LogP contribution in [0.25, 0.3) is 0 Å². The van der Waals surface area contributed by atoms with E-state index in [1.165, 1.54) is 28.6 Å². The molecule has 1 amide bonds. The van der Waals surface area contributed by atoms with Crippen molar-refractivity contribution in [1.29, 1.82) is 0 Å². The first-order valence-corrected chi connectivity index (χ1v) is 13.5. The molecule has 1 aliphatic heterocycles. The van der Waals surface area contributed by atoms with Gasteiger partial charge in [-0.05, 0) is 36.4 Å². The number of hydrogen-bond acceptors (Lipinski definition) is 6. The van der Waals surface area contributed by atoms with Crippen LogP contribution in [0.3, 0.4) is 0 Å². The summed E-state index contributed by atoms with van der Waals surface area (Å²) in [4.78, 5) is 11.6. The lowest BCUT2D eigenvalue weighted by Gasteiger charge is -2.26. The molecule has 196 valence electrons. The van der Waals surface area contributed by atoms with Crippen LogP contribution < -0.4 is 5.32 Å². The zero-order chi connectivity index (χ0) is 26.6. The monoisotopic (exact) mass is 547 g/mol. The number of rotatable bonds is 9. The molecule has 0 aromatic heterocycles. The number of morpholine rings is 1. The molecule has 2 aromatic carbocycles. The maximum absolute atomic E-state index is 13.4. The average molecular weight is 548 g/mol. The summed E-state index contributed by atoms with van der Waals surface area (Å²) in [6, 6.07) is 8.92. The van der Waals surface area contributed by atoms with Crippen LogP contribution >= 0.6 is 0 Å². The van der Waals surface area contributed by atoms with Gasteiger partial charge in [0.2, 0.25) is 26.0 Å². The third kappa shape index (κ3) is 6.31. The number of amides is 1. The molecule has 0 saturated carbocycles.